The molecule has 4 rings (SSSR count). The SMILES string of the molecule is O=CCOC(=O)CCc1ccc2c(c1)OC1(CCN(C(=O)Cc3ccc(Cl)cc3)CC1)O2. The number of piperidine rings is 1. The summed E-state index contributed by atoms with van der Waals surface area (Å²) in [5, 5.41) is 0.650. The molecule has 0 bridgehead atoms. The third kappa shape index (κ3) is 5.22. The van der Waals surface area contributed by atoms with Crippen LogP contribution in [-0.4, -0.2) is 48.5 Å². The average Bonchev–Trinajstić information content (AvgIpc) is 3.15. The van der Waals surface area contributed by atoms with Crippen LogP contribution in [0.5, 0.6) is 11.5 Å². The van der Waals surface area contributed by atoms with E-state index in [4.69, 9.17) is 25.8 Å². The van der Waals surface area contributed by atoms with Gasteiger partial charge in [-0.1, -0.05) is 29.8 Å². The first-order valence-electron chi connectivity index (χ1n) is 10.6. The van der Waals surface area contributed by atoms with Crippen molar-refractivity contribution < 1.29 is 28.6 Å². The fourth-order valence-corrected chi connectivity index (χ4v) is 4.05. The van der Waals surface area contributed by atoms with E-state index in [9.17, 15) is 14.4 Å². The summed E-state index contributed by atoms with van der Waals surface area (Å²) >= 11 is 5.91. The van der Waals surface area contributed by atoms with Crippen LogP contribution in [0.4, 0.5) is 0 Å². The van der Waals surface area contributed by atoms with E-state index in [1.807, 2.05) is 35.2 Å². The molecule has 2 aromatic carbocycles. The number of likely N-dealkylation sites (tertiary alicyclic amines) is 1. The van der Waals surface area contributed by atoms with E-state index >= 15 is 0 Å². The minimum atomic E-state index is -0.763. The molecule has 1 saturated heterocycles. The molecule has 32 heavy (non-hydrogen) atoms. The molecule has 2 aromatic rings. The van der Waals surface area contributed by atoms with Crippen molar-refractivity contribution in [2.75, 3.05) is 19.7 Å². The number of esters is 1. The molecule has 8 heteroatoms. The predicted molar refractivity (Wildman–Crippen MR) is 117 cm³/mol. The van der Waals surface area contributed by atoms with Gasteiger partial charge in [-0.25, -0.2) is 0 Å². The third-order valence-corrected chi connectivity index (χ3v) is 5.93. The fourth-order valence-electron chi connectivity index (χ4n) is 3.93. The van der Waals surface area contributed by atoms with Crippen LogP contribution in [0.25, 0.3) is 0 Å². The van der Waals surface area contributed by atoms with Crippen molar-refractivity contribution in [3.63, 3.8) is 0 Å². The van der Waals surface area contributed by atoms with E-state index in [2.05, 4.69) is 0 Å². The quantitative estimate of drug-likeness (QED) is 0.468. The number of ether oxygens (including phenoxy) is 3. The highest BCUT2D eigenvalue weighted by molar-refractivity contribution is 6.30. The van der Waals surface area contributed by atoms with Gasteiger partial charge in [0, 0.05) is 37.4 Å². The number of carbonyl (C=O) groups excluding carboxylic acids is 3. The van der Waals surface area contributed by atoms with Crippen molar-refractivity contribution >= 4 is 29.8 Å². The van der Waals surface area contributed by atoms with Gasteiger partial charge >= 0.3 is 5.97 Å². The smallest absolute Gasteiger partial charge is 0.306 e. The van der Waals surface area contributed by atoms with Gasteiger partial charge in [-0.2, -0.15) is 0 Å². The highest BCUT2D eigenvalue weighted by Crippen LogP contribution is 2.44. The molecule has 0 unspecified atom stereocenters. The first-order chi connectivity index (χ1) is 15.5. The molecule has 7 nitrogen and oxygen atoms in total. The molecule has 168 valence electrons. The standard InChI is InChI=1S/C24H24ClNO6/c25-19-5-1-18(2-6-19)16-22(28)26-11-9-24(10-12-26)31-20-7-3-17(15-21(20)32-24)4-8-23(29)30-14-13-27/h1-3,5-7,13,15H,4,8-12,14,16H2. The predicted octanol–water partition coefficient (Wildman–Crippen LogP) is 3.35. The van der Waals surface area contributed by atoms with Crippen molar-refractivity contribution in [3.05, 3.63) is 58.6 Å². The van der Waals surface area contributed by atoms with Crippen LogP contribution in [0, 0.1) is 0 Å². The maximum Gasteiger partial charge on any atom is 0.306 e. The number of amides is 1. The lowest BCUT2D eigenvalue weighted by molar-refractivity contribution is -0.146. The molecule has 2 aliphatic heterocycles. The number of aldehydes is 1. The molecule has 1 fully saturated rings. The van der Waals surface area contributed by atoms with Gasteiger partial charge in [0.1, 0.15) is 6.61 Å². The Bertz CT molecular complexity index is 998. The Labute approximate surface area is 191 Å². The second-order valence-corrected chi connectivity index (χ2v) is 8.37. The number of nitrogens with zero attached hydrogens (tertiary/aromatic N) is 1. The Hall–Kier alpha value is -3.06. The zero-order valence-electron chi connectivity index (χ0n) is 17.6. The van der Waals surface area contributed by atoms with E-state index in [0.29, 0.717) is 61.6 Å². The molecule has 0 aromatic heterocycles. The summed E-state index contributed by atoms with van der Waals surface area (Å²) in [6.07, 6.45) is 2.69. The van der Waals surface area contributed by atoms with Crippen molar-refractivity contribution in [2.45, 2.75) is 37.9 Å². The van der Waals surface area contributed by atoms with Gasteiger partial charge in [0.15, 0.2) is 17.8 Å². The number of halogens is 1. The number of rotatable bonds is 7. The third-order valence-electron chi connectivity index (χ3n) is 5.68. The van der Waals surface area contributed by atoms with E-state index in [-0.39, 0.29) is 18.9 Å². The van der Waals surface area contributed by atoms with Crippen molar-refractivity contribution in [2.24, 2.45) is 0 Å². The molecule has 1 amide bonds. The zero-order valence-corrected chi connectivity index (χ0v) is 18.3. The van der Waals surface area contributed by atoms with Crippen molar-refractivity contribution in [1.29, 1.82) is 0 Å². The van der Waals surface area contributed by atoms with Crippen molar-refractivity contribution in [1.82, 2.24) is 4.90 Å². The average molecular weight is 458 g/mol. The molecular formula is C24H24ClNO6. The molecule has 0 atom stereocenters. The minimum Gasteiger partial charge on any atom is -0.458 e. The van der Waals surface area contributed by atoms with Crippen molar-refractivity contribution in [3.8, 4) is 11.5 Å². The second-order valence-electron chi connectivity index (χ2n) is 7.93. The lowest BCUT2D eigenvalue weighted by Gasteiger charge is -2.37. The fraction of sp³-hybridized carbons (Fsp3) is 0.375. The molecule has 0 radical (unpaired) electrons. The minimum absolute atomic E-state index is 0.0708. The summed E-state index contributed by atoms with van der Waals surface area (Å²) in [5.41, 5.74) is 1.85. The monoisotopic (exact) mass is 457 g/mol. The Kier molecular flexibility index (Phi) is 6.65. The lowest BCUT2D eigenvalue weighted by atomic mass is 10.0. The number of carbonyl (C=O) groups is 3. The molecule has 0 aliphatic carbocycles. The zero-order chi connectivity index (χ0) is 22.6. The molecule has 0 saturated carbocycles. The van der Waals surface area contributed by atoms with Crippen LogP contribution in [0.2, 0.25) is 5.02 Å². The molecule has 1 spiro atoms. The van der Waals surface area contributed by atoms with Crippen LogP contribution < -0.4 is 9.47 Å². The lowest BCUT2D eigenvalue weighted by Crippen LogP contribution is -2.51. The van der Waals surface area contributed by atoms with E-state index in [1.165, 1.54) is 0 Å². The number of hydrogen-bond acceptors (Lipinski definition) is 6. The number of hydrogen-bond donors (Lipinski definition) is 0. The Balaban J connectivity index is 1.30. The van der Waals surface area contributed by atoms with Gasteiger partial charge in [-0.3, -0.25) is 14.4 Å². The maximum absolute atomic E-state index is 12.7. The van der Waals surface area contributed by atoms with Crippen LogP contribution in [0.1, 0.15) is 30.4 Å². The number of aryl methyl sites for hydroxylation is 1. The van der Waals surface area contributed by atoms with Crippen LogP contribution >= 0.6 is 11.6 Å². The Morgan fingerprint density at radius 2 is 1.72 bits per heavy atom. The van der Waals surface area contributed by atoms with E-state index in [0.717, 1.165) is 11.1 Å². The normalized spacial score (nSPS) is 16.1. The van der Waals surface area contributed by atoms with E-state index < -0.39 is 11.8 Å². The highest BCUT2D eigenvalue weighted by atomic mass is 35.5. The first kappa shape index (κ1) is 22.1. The van der Waals surface area contributed by atoms with Gasteiger partial charge in [-0.05, 0) is 41.8 Å². The van der Waals surface area contributed by atoms with Gasteiger partial charge in [0.2, 0.25) is 5.91 Å². The van der Waals surface area contributed by atoms with Gasteiger partial charge in [0.05, 0.1) is 6.42 Å². The second kappa shape index (κ2) is 9.61. The largest absolute Gasteiger partial charge is 0.458 e. The number of fused-ring (bicyclic) bond motifs is 1. The molecule has 2 aliphatic rings. The van der Waals surface area contributed by atoms with Crippen LogP contribution in [0.3, 0.4) is 0 Å². The number of benzene rings is 2. The van der Waals surface area contributed by atoms with Gasteiger partial charge in [-0.15, -0.1) is 0 Å². The summed E-state index contributed by atoms with van der Waals surface area (Å²) in [5.74, 6) is 0.201. The summed E-state index contributed by atoms with van der Waals surface area (Å²) in [7, 11) is 0. The topological polar surface area (TPSA) is 82.1 Å². The summed E-state index contributed by atoms with van der Waals surface area (Å²) in [4.78, 5) is 36.4. The first-order valence-corrected chi connectivity index (χ1v) is 11.0. The molecule has 2 heterocycles. The summed E-state index contributed by atoms with van der Waals surface area (Å²) < 4.78 is 17.1. The Morgan fingerprint density at radius 1 is 1.03 bits per heavy atom. The summed E-state index contributed by atoms with van der Waals surface area (Å²) in [6, 6.07) is 12.9. The molecular weight excluding hydrogens is 434 g/mol. The molecule has 0 N–H and O–H groups in total. The van der Waals surface area contributed by atoms with Gasteiger partial charge in [0.25, 0.3) is 5.79 Å². The van der Waals surface area contributed by atoms with Crippen LogP contribution in [-0.2, 0) is 32.0 Å². The van der Waals surface area contributed by atoms with Gasteiger partial charge < -0.3 is 19.1 Å². The Morgan fingerprint density at radius 3 is 2.44 bits per heavy atom. The van der Waals surface area contributed by atoms with Crippen LogP contribution in [0.15, 0.2) is 42.5 Å². The maximum atomic E-state index is 12.7. The highest BCUT2D eigenvalue weighted by Gasteiger charge is 2.45. The van der Waals surface area contributed by atoms with E-state index in [1.54, 1.807) is 12.1 Å². The summed E-state index contributed by atoms with van der Waals surface area (Å²) in [6.45, 7) is 0.882.